The number of nitrogens with zero attached hydrogens (tertiary/aromatic N) is 3. The second-order valence-corrected chi connectivity index (χ2v) is 5.13. The molecule has 0 spiro atoms. The van der Waals surface area contributed by atoms with E-state index in [9.17, 15) is 9.90 Å². The number of hydrogen-bond donors (Lipinski definition) is 2. The van der Waals surface area contributed by atoms with Crippen LogP contribution in [0.5, 0.6) is 5.75 Å². The molecule has 2 amide bonds. The van der Waals surface area contributed by atoms with Crippen LogP contribution >= 0.6 is 0 Å². The molecule has 0 bridgehead atoms. The molecule has 0 radical (unpaired) electrons. The van der Waals surface area contributed by atoms with Crippen LogP contribution in [0, 0.1) is 0 Å². The molecular weight excluding hydrogens is 280 g/mol. The van der Waals surface area contributed by atoms with E-state index in [2.05, 4.69) is 15.2 Å². The Morgan fingerprint density at radius 2 is 1.86 bits per heavy atom. The van der Waals surface area contributed by atoms with Gasteiger partial charge in [-0.3, -0.25) is 4.98 Å². The molecule has 0 saturated carbocycles. The number of phenols is 1. The summed E-state index contributed by atoms with van der Waals surface area (Å²) in [6.07, 6.45) is 3.29. The van der Waals surface area contributed by atoms with Gasteiger partial charge in [-0.15, -0.1) is 0 Å². The number of piperazine rings is 1. The summed E-state index contributed by atoms with van der Waals surface area (Å²) < 4.78 is 0. The molecule has 1 saturated heterocycles. The largest absolute Gasteiger partial charge is 0.506 e. The Bertz CT molecular complexity index is 640. The van der Waals surface area contributed by atoms with E-state index in [-0.39, 0.29) is 11.8 Å². The number of pyridine rings is 1. The van der Waals surface area contributed by atoms with Gasteiger partial charge in [0.1, 0.15) is 5.75 Å². The molecule has 1 aromatic heterocycles. The molecule has 1 aliphatic rings. The molecule has 2 heterocycles. The Morgan fingerprint density at radius 3 is 2.55 bits per heavy atom. The van der Waals surface area contributed by atoms with Crippen molar-refractivity contribution in [1.29, 1.82) is 0 Å². The van der Waals surface area contributed by atoms with Gasteiger partial charge in [0.25, 0.3) is 0 Å². The van der Waals surface area contributed by atoms with Crippen LogP contribution in [0.1, 0.15) is 0 Å². The number of nitrogens with one attached hydrogen (secondary N) is 1. The van der Waals surface area contributed by atoms with Crippen LogP contribution in [0.15, 0.2) is 48.8 Å². The number of carbonyl (C=O) groups is 1. The average molecular weight is 298 g/mol. The lowest BCUT2D eigenvalue weighted by molar-refractivity contribution is 0.208. The standard InChI is InChI=1S/C16H18N4O2/c21-15-6-2-1-5-14(15)19-8-10-20(11-9-19)16(22)18-13-4-3-7-17-12-13/h1-7,12,21H,8-11H2,(H,18,22). The molecule has 0 atom stereocenters. The predicted molar refractivity (Wildman–Crippen MR) is 85.1 cm³/mol. The predicted octanol–water partition coefficient (Wildman–Crippen LogP) is 2.14. The van der Waals surface area contributed by atoms with Gasteiger partial charge in [0.2, 0.25) is 0 Å². The van der Waals surface area contributed by atoms with Crippen molar-refractivity contribution in [2.24, 2.45) is 0 Å². The van der Waals surface area contributed by atoms with Crippen molar-refractivity contribution in [1.82, 2.24) is 9.88 Å². The molecule has 2 aromatic rings. The van der Waals surface area contributed by atoms with Crippen LogP contribution in [0.25, 0.3) is 0 Å². The number of para-hydroxylation sites is 2. The zero-order valence-electron chi connectivity index (χ0n) is 12.1. The third kappa shape index (κ3) is 3.11. The number of aromatic hydroxyl groups is 1. The Hall–Kier alpha value is -2.76. The number of carbonyl (C=O) groups excluding carboxylic acids is 1. The fourth-order valence-corrected chi connectivity index (χ4v) is 2.52. The maximum absolute atomic E-state index is 12.2. The Labute approximate surface area is 129 Å². The summed E-state index contributed by atoms with van der Waals surface area (Å²) in [5.41, 5.74) is 1.51. The van der Waals surface area contributed by atoms with Gasteiger partial charge in [0, 0.05) is 32.4 Å². The Kier molecular flexibility index (Phi) is 4.09. The number of hydrogen-bond acceptors (Lipinski definition) is 4. The molecule has 1 aromatic carbocycles. The third-order valence-corrected chi connectivity index (χ3v) is 3.70. The average Bonchev–Trinajstić information content (AvgIpc) is 2.56. The molecular formula is C16H18N4O2. The fourth-order valence-electron chi connectivity index (χ4n) is 2.52. The van der Waals surface area contributed by atoms with Crippen molar-refractivity contribution in [3.05, 3.63) is 48.8 Å². The van der Waals surface area contributed by atoms with Gasteiger partial charge in [-0.2, -0.15) is 0 Å². The minimum atomic E-state index is -0.120. The van der Waals surface area contributed by atoms with E-state index in [0.29, 0.717) is 31.9 Å². The number of benzene rings is 1. The molecule has 3 rings (SSSR count). The molecule has 22 heavy (non-hydrogen) atoms. The number of rotatable bonds is 2. The molecule has 1 aliphatic heterocycles. The third-order valence-electron chi connectivity index (χ3n) is 3.70. The van der Waals surface area contributed by atoms with Gasteiger partial charge < -0.3 is 20.2 Å². The molecule has 0 unspecified atom stereocenters. The van der Waals surface area contributed by atoms with Gasteiger partial charge in [0.05, 0.1) is 17.6 Å². The van der Waals surface area contributed by atoms with Crippen LogP contribution < -0.4 is 10.2 Å². The highest BCUT2D eigenvalue weighted by Crippen LogP contribution is 2.27. The molecule has 6 heteroatoms. The minimum absolute atomic E-state index is 0.120. The first-order valence-corrected chi connectivity index (χ1v) is 7.23. The van der Waals surface area contributed by atoms with Gasteiger partial charge in [-0.1, -0.05) is 12.1 Å². The van der Waals surface area contributed by atoms with Crippen LogP contribution in [-0.2, 0) is 0 Å². The lowest BCUT2D eigenvalue weighted by atomic mass is 10.2. The van der Waals surface area contributed by atoms with E-state index in [1.165, 1.54) is 0 Å². The van der Waals surface area contributed by atoms with Crippen molar-refractivity contribution in [3.63, 3.8) is 0 Å². The second kappa shape index (κ2) is 6.34. The summed E-state index contributed by atoms with van der Waals surface area (Å²) in [6, 6.07) is 10.7. The molecule has 6 nitrogen and oxygen atoms in total. The summed E-state index contributed by atoms with van der Waals surface area (Å²) in [4.78, 5) is 20.0. The summed E-state index contributed by atoms with van der Waals surface area (Å²) >= 11 is 0. The van der Waals surface area contributed by atoms with Crippen molar-refractivity contribution < 1.29 is 9.90 Å². The van der Waals surface area contributed by atoms with E-state index in [0.717, 1.165) is 5.69 Å². The lowest BCUT2D eigenvalue weighted by Crippen LogP contribution is -2.50. The first-order chi connectivity index (χ1) is 10.7. The molecule has 0 aliphatic carbocycles. The quantitative estimate of drug-likeness (QED) is 0.891. The number of phenolic OH excluding ortho intramolecular Hbond substituents is 1. The van der Waals surface area contributed by atoms with E-state index in [1.54, 1.807) is 35.5 Å². The first-order valence-electron chi connectivity index (χ1n) is 7.23. The second-order valence-electron chi connectivity index (χ2n) is 5.13. The maximum atomic E-state index is 12.2. The van der Waals surface area contributed by atoms with Crippen molar-refractivity contribution in [2.45, 2.75) is 0 Å². The van der Waals surface area contributed by atoms with Crippen LogP contribution in [0.3, 0.4) is 0 Å². The van der Waals surface area contributed by atoms with Gasteiger partial charge in [-0.25, -0.2) is 4.79 Å². The molecule has 1 fully saturated rings. The lowest BCUT2D eigenvalue weighted by Gasteiger charge is -2.36. The number of aromatic nitrogens is 1. The Balaban J connectivity index is 1.58. The maximum Gasteiger partial charge on any atom is 0.322 e. The van der Waals surface area contributed by atoms with Gasteiger partial charge in [0.15, 0.2) is 0 Å². The van der Waals surface area contributed by atoms with Gasteiger partial charge in [-0.05, 0) is 24.3 Å². The highest BCUT2D eigenvalue weighted by Gasteiger charge is 2.22. The zero-order valence-corrected chi connectivity index (χ0v) is 12.1. The van der Waals surface area contributed by atoms with Crippen molar-refractivity contribution >= 4 is 17.4 Å². The first kappa shape index (κ1) is 14.2. The SMILES string of the molecule is O=C(Nc1cccnc1)N1CCN(c2ccccc2O)CC1. The summed E-state index contributed by atoms with van der Waals surface area (Å²) in [7, 11) is 0. The van der Waals surface area contributed by atoms with Crippen molar-refractivity contribution in [3.8, 4) is 5.75 Å². The smallest absolute Gasteiger partial charge is 0.322 e. The van der Waals surface area contributed by atoms with E-state index < -0.39 is 0 Å². The van der Waals surface area contributed by atoms with Gasteiger partial charge >= 0.3 is 6.03 Å². The summed E-state index contributed by atoms with van der Waals surface area (Å²) in [5.74, 6) is 0.274. The highest BCUT2D eigenvalue weighted by atomic mass is 16.3. The summed E-state index contributed by atoms with van der Waals surface area (Å²) in [6.45, 7) is 2.61. The van der Waals surface area contributed by atoms with Crippen LogP contribution in [0.4, 0.5) is 16.2 Å². The number of urea groups is 1. The molecule has 114 valence electrons. The Morgan fingerprint density at radius 1 is 1.09 bits per heavy atom. The highest BCUT2D eigenvalue weighted by molar-refractivity contribution is 5.89. The summed E-state index contributed by atoms with van der Waals surface area (Å²) in [5, 5.41) is 12.7. The molecule has 2 N–H and O–H groups in total. The fraction of sp³-hybridized carbons (Fsp3) is 0.250. The normalized spacial score (nSPS) is 14.7. The van der Waals surface area contributed by atoms with E-state index in [1.807, 2.05) is 18.2 Å². The monoisotopic (exact) mass is 298 g/mol. The topological polar surface area (TPSA) is 68.7 Å². The minimum Gasteiger partial charge on any atom is -0.506 e. The van der Waals surface area contributed by atoms with E-state index >= 15 is 0 Å². The van der Waals surface area contributed by atoms with Crippen molar-refractivity contribution in [2.75, 3.05) is 36.4 Å². The number of anilines is 2. The number of amides is 2. The van der Waals surface area contributed by atoms with Crippen LogP contribution in [0.2, 0.25) is 0 Å². The van der Waals surface area contributed by atoms with E-state index in [4.69, 9.17) is 0 Å². The zero-order chi connectivity index (χ0) is 15.4. The van der Waals surface area contributed by atoms with Crippen LogP contribution in [-0.4, -0.2) is 47.2 Å².